The lowest BCUT2D eigenvalue weighted by molar-refractivity contribution is 0.0767. The Kier molecular flexibility index (Phi) is 7.26. The third-order valence-electron chi connectivity index (χ3n) is 6.52. The SMILES string of the molecule is COc1cccc(OC)c1-n1c(CCC2CC2)nc(O)c(-c2nnc(CN(C)C(=O)c3ccccn3)o2)c1=O. The number of amides is 1. The van der Waals surface area contributed by atoms with E-state index in [1.165, 1.54) is 29.9 Å². The maximum atomic E-state index is 14.0. The first-order valence-electron chi connectivity index (χ1n) is 12.5. The van der Waals surface area contributed by atoms with Crippen molar-refractivity contribution in [3.8, 4) is 34.5 Å². The van der Waals surface area contributed by atoms with Gasteiger partial charge in [0.25, 0.3) is 17.4 Å². The van der Waals surface area contributed by atoms with E-state index in [1.54, 1.807) is 43.4 Å². The lowest BCUT2D eigenvalue weighted by Gasteiger charge is -2.19. The van der Waals surface area contributed by atoms with Crippen molar-refractivity contribution in [3.05, 3.63) is 70.4 Å². The number of para-hydroxylation sites is 1. The Balaban J connectivity index is 1.54. The number of aryl methyl sites for hydroxylation is 1. The van der Waals surface area contributed by atoms with Gasteiger partial charge in [0, 0.05) is 19.7 Å². The summed E-state index contributed by atoms with van der Waals surface area (Å²) in [5.41, 5.74) is -0.274. The quantitative estimate of drug-likeness (QED) is 0.323. The highest BCUT2D eigenvalue weighted by Crippen LogP contribution is 2.36. The standard InChI is InChI=1S/C27H28N6O6/c1-32(26(35)17-7-4-5-14-28-17)15-21-30-31-25(39-21)22-24(34)29-20(13-12-16-10-11-16)33(27(22)36)23-18(37-2)8-6-9-19(23)38-3/h4-9,14,16,34H,10-13,15H2,1-3H3. The Hall–Kier alpha value is -4.74. The summed E-state index contributed by atoms with van der Waals surface area (Å²) < 4.78 is 18.2. The van der Waals surface area contributed by atoms with Crippen LogP contribution in [-0.2, 0) is 13.0 Å². The highest BCUT2D eigenvalue weighted by Gasteiger charge is 2.28. The van der Waals surface area contributed by atoms with E-state index in [0.717, 1.165) is 19.3 Å². The first kappa shape index (κ1) is 25.9. The minimum Gasteiger partial charge on any atom is -0.494 e. The molecule has 12 heteroatoms. The number of aromatic nitrogens is 5. The third kappa shape index (κ3) is 5.31. The van der Waals surface area contributed by atoms with E-state index in [2.05, 4.69) is 20.2 Å². The summed E-state index contributed by atoms with van der Waals surface area (Å²) >= 11 is 0. The molecule has 202 valence electrons. The van der Waals surface area contributed by atoms with Crippen LogP contribution in [0.4, 0.5) is 0 Å². The second kappa shape index (κ2) is 10.9. The number of carbonyl (C=O) groups is 1. The molecule has 3 heterocycles. The van der Waals surface area contributed by atoms with Gasteiger partial charge >= 0.3 is 0 Å². The highest BCUT2D eigenvalue weighted by molar-refractivity contribution is 5.91. The van der Waals surface area contributed by atoms with Crippen molar-refractivity contribution in [3.63, 3.8) is 0 Å². The highest BCUT2D eigenvalue weighted by atomic mass is 16.5. The maximum absolute atomic E-state index is 14.0. The van der Waals surface area contributed by atoms with E-state index in [4.69, 9.17) is 13.9 Å². The van der Waals surface area contributed by atoms with Crippen LogP contribution >= 0.6 is 0 Å². The van der Waals surface area contributed by atoms with Crippen LogP contribution in [0.2, 0.25) is 0 Å². The number of nitrogens with zero attached hydrogens (tertiary/aromatic N) is 6. The smallest absolute Gasteiger partial charge is 0.275 e. The molecule has 12 nitrogen and oxygen atoms in total. The molecule has 3 aromatic heterocycles. The molecular weight excluding hydrogens is 504 g/mol. The first-order valence-corrected chi connectivity index (χ1v) is 12.5. The predicted octanol–water partition coefficient (Wildman–Crippen LogP) is 3.02. The zero-order chi connectivity index (χ0) is 27.5. The van der Waals surface area contributed by atoms with Gasteiger partial charge < -0.3 is 23.9 Å². The molecule has 0 aliphatic heterocycles. The normalized spacial score (nSPS) is 12.8. The summed E-state index contributed by atoms with van der Waals surface area (Å²) in [6.45, 7) is -0.0371. The van der Waals surface area contributed by atoms with Crippen LogP contribution in [-0.4, -0.2) is 61.9 Å². The van der Waals surface area contributed by atoms with E-state index in [9.17, 15) is 14.7 Å². The molecule has 1 aliphatic rings. The Morgan fingerprint density at radius 3 is 2.51 bits per heavy atom. The van der Waals surface area contributed by atoms with Gasteiger partial charge in [-0.15, -0.1) is 10.2 Å². The first-order chi connectivity index (χ1) is 18.9. The molecule has 1 amide bonds. The van der Waals surface area contributed by atoms with Crippen molar-refractivity contribution in [2.75, 3.05) is 21.3 Å². The van der Waals surface area contributed by atoms with Gasteiger partial charge in [-0.05, 0) is 36.6 Å². The van der Waals surface area contributed by atoms with Crippen molar-refractivity contribution < 1.29 is 23.8 Å². The summed E-state index contributed by atoms with van der Waals surface area (Å²) in [6.07, 6.45) is 5.08. The van der Waals surface area contributed by atoms with Crippen LogP contribution in [0.25, 0.3) is 17.1 Å². The van der Waals surface area contributed by atoms with E-state index < -0.39 is 11.4 Å². The van der Waals surface area contributed by atoms with E-state index >= 15 is 0 Å². The fourth-order valence-electron chi connectivity index (χ4n) is 4.31. The summed E-state index contributed by atoms with van der Waals surface area (Å²) in [5, 5.41) is 18.8. The van der Waals surface area contributed by atoms with Crippen LogP contribution in [0.15, 0.2) is 51.8 Å². The van der Waals surface area contributed by atoms with Crippen molar-refractivity contribution >= 4 is 5.91 Å². The Labute approximate surface area is 223 Å². The molecule has 1 N–H and O–H groups in total. The largest absolute Gasteiger partial charge is 0.494 e. The molecule has 0 bridgehead atoms. The molecule has 0 spiro atoms. The number of methoxy groups -OCH3 is 2. The molecular formula is C27H28N6O6. The fraction of sp³-hybridized carbons (Fsp3) is 0.333. The van der Waals surface area contributed by atoms with Gasteiger partial charge in [-0.2, -0.15) is 4.98 Å². The minimum atomic E-state index is -0.621. The number of hydrogen-bond acceptors (Lipinski definition) is 10. The molecule has 1 aliphatic carbocycles. The summed E-state index contributed by atoms with van der Waals surface area (Å²) in [4.78, 5) is 36.4. The zero-order valence-corrected chi connectivity index (χ0v) is 21.8. The lowest BCUT2D eigenvalue weighted by Crippen LogP contribution is -2.27. The monoisotopic (exact) mass is 532 g/mol. The van der Waals surface area contributed by atoms with Crippen molar-refractivity contribution in [2.45, 2.75) is 32.2 Å². The molecule has 0 saturated heterocycles. The number of carbonyl (C=O) groups excluding carboxylic acids is 1. The Morgan fingerprint density at radius 2 is 1.87 bits per heavy atom. The van der Waals surface area contributed by atoms with Crippen LogP contribution < -0.4 is 15.0 Å². The molecule has 1 aromatic carbocycles. The molecule has 39 heavy (non-hydrogen) atoms. The van der Waals surface area contributed by atoms with Gasteiger partial charge in [0.1, 0.15) is 28.7 Å². The van der Waals surface area contributed by atoms with E-state index in [-0.39, 0.29) is 35.5 Å². The van der Waals surface area contributed by atoms with Crippen LogP contribution in [0.5, 0.6) is 17.4 Å². The summed E-state index contributed by atoms with van der Waals surface area (Å²) in [6, 6.07) is 10.2. The van der Waals surface area contributed by atoms with Gasteiger partial charge in [0.15, 0.2) is 5.56 Å². The molecule has 1 saturated carbocycles. The topological polar surface area (TPSA) is 146 Å². The minimum absolute atomic E-state index is 0.0371. The average Bonchev–Trinajstić information content (AvgIpc) is 3.68. The van der Waals surface area contributed by atoms with E-state index in [1.807, 2.05) is 0 Å². The summed E-state index contributed by atoms with van der Waals surface area (Å²) in [7, 11) is 4.56. The van der Waals surface area contributed by atoms with E-state index in [0.29, 0.717) is 35.3 Å². The molecule has 0 unspecified atom stereocenters. The van der Waals surface area contributed by atoms with Gasteiger partial charge in [-0.25, -0.2) is 0 Å². The predicted molar refractivity (Wildman–Crippen MR) is 139 cm³/mol. The number of rotatable bonds is 10. The van der Waals surface area contributed by atoms with Crippen molar-refractivity contribution in [1.29, 1.82) is 0 Å². The Morgan fingerprint density at radius 1 is 1.13 bits per heavy atom. The zero-order valence-electron chi connectivity index (χ0n) is 21.8. The van der Waals surface area contributed by atoms with Crippen LogP contribution in [0, 0.1) is 5.92 Å². The third-order valence-corrected chi connectivity index (χ3v) is 6.52. The molecule has 0 radical (unpaired) electrons. The van der Waals surface area contributed by atoms with Crippen LogP contribution in [0.3, 0.4) is 0 Å². The lowest BCUT2D eigenvalue weighted by atomic mass is 10.1. The summed E-state index contributed by atoms with van der Waals surface area (Å²) in [5.74, 6) is 0.684. The van der Waals surface area contributed by atoms with Crippen molar-refractivity contribution in [1.82, 2.24) is 29.6 Å². The molecule has 5 rings (SSSR count). The molecule has 1 fully saturated rings. The van der Waals surface area contributed by atoms with Gasteiger partial charge in [0.05, 0.1) is 20.8 Å². The second-order valence-corrected chi connectivity index (χ2v) is 9.24. The number of benzene rings is 1. The van der Waals surface area contributed by atoms with Crippen molar-refractivity contribution in [2.24, 2.45) is 5.92 Å². The number of pyridine rings is 1. The van der Waals surface area contributed by atoms with Gasteiger partial charge in [-0.3, -0.25) is 19.1 Å². The number of ether oxygens (including phenoxy) is 2. The number of aromatic hydroxyl groups is 1. The van der Waals surface area contributed by atoms with Crippen LogP contribution in [0.1, 0.15) is 41.5 Å². The molecule has 0 atom stereocenters. The van der Waals surface area contributed by atoms with Gasteiger partial charge in [0.2, 0.25) is 11.8 Å². The van der Waals surface area contributed by atoms with Gasteiger partial charge in [-0.1, -0.05) is 25.0 Å². The fourth-order valence-corrected chi connectivity index (χ4v) is 4.31. The number of hydrogen-bond donors (Lipinski definition) is 1. The Bertz CT molecular complexity index is 1520. The maximum Gasteiger partial charge on any atom is 0.275 e. The second-order valence-electron chi connectivity index (χ2n) is 9.24. The average molecular weight is 533 g/mol. The molecule has 4 aromatic rings.